The molecule has 0 unspecified atom stereocenters. The standard InChI is InChI=1S/C22H26N4OS/c1-5-16(3)18-8-10-19(11-9-18)23-21(27)14-28-22-25-24-17(4)26(22)20-12-6-15(2)7-13-20/h6-13,16H,5,14H2,1-4H3,(H,23,27)/t16-/m0/s1. The summed E-state index contributed by atoms with van der Waals surface area (Å²) in [5.41, 5.74) is 4.30. The molecule has 1 atom stereocenters. The first-order chi connectivity index (χ1) is 13.5. The molecule has 1 heterocycles. The summed E-state index contributed by atoms with van der Waals surface area (Å²) in [7, 11) is 0. The van der Waals surface area contributed by atoms with Crippen LogP contribution in [0.15, 0.2) is 53.7 Å². The van der Waals surface area contributed by atoms with E-state index in [1.165, 1.54) is 22.9 Å². The number of hydrogen-bond donors (Lipinski definition) is 1. The molecule has 1 amide bonds. The van der Waals surface area contributed by atoms with Gasteiger partial charge >= 0.3 is 0 Å². The van der Waals surface area contributed by atoms with E-state index in [0.717, 1.165) is 23.6 Å². The van der Waals surface area contributed by atoms with E-state index in [1.807, 2.05) is 35.8 Å². The third-order valence-corrected chi connectivity index (χ3v) is 5.72. The lowest BCUT2D eigenvalue weighted by Crippen LogP contribution is -2.14. The highest BCUT2D eigenvalue weighted by Crippen LogP contribution is 2.23. The predicted molar refractivity (Wildman–Crippen MR) is 115 cm³/mol. The van der Waals surface area contributed by atoms with E-state index < -0.39 is 0 Å². The zero-order chi connectivity index (χ0) is 20.1. The molecular weight excluding hydrogens is 368 g/mol. The Labute approximate surface area is 170 Å². The number of benzene rings is 2. The Morgan fingerprint density at radius 2 is 1.75 bits per heavy atom. The minimum Gasteiger partial charge on any atom is -0.325 e. The van der Waals surface area contributed by atoms with E-state index in [9.17, 15) is 4.79 Å². The first kappa shape index (κ1) is 20.1. The molecule has 0 radical (unpaired) electrons. The van der Waals surface area contributed by atoms with Crippen LogP contribution < -0.4 is 5.32 Å². The number of thioether (sulfide) groups is 1. The Kier molecular flexibility index (Phi) is 6.52. The van der Waals surface area contributed by atoms with E-state index in [1.54, 1.807) is 0 Å². The normalized spacial score (nSPS) is 12.0. The maximum atomic E-state index is 12.4. The largest absolute Gasteiger partial charge is 0.325 e. The lowest BCUT2D eigenvalue weighted by Gasteiger charge is -2.11. The molecule has 3 aromatic rings. The molecule has 6 heteroatoms. The molecule has 1 N–H and O–H groups in total. The van der Waals surface area contributed by atoms with Crippen molar-refractivity contribution < 1.29 is 4.79 Å². The van der Waals surface area contributed by atoms with Crippen molar-refractivity contribution in [2.75, 3.05) is 11.1 Å². The minimum absolute atomic E-state index is 0.0580. The fraction of sp³-hybridized carbons (Fsp3) is 0.318. The average molecular weight is 395 g/mol. The van der Waals surface area contributed by atoms with Crippen molar-refractivity contribution in [1.29, 1.82) is 0 Å². The van der Waals surface area contributed by atoms with Crippen LogP contribution in [0, 0.1) is 13.8 Å². The molecule has 0 bridgehead atoms. The van der Waals surface area contributed by atoms with Gasteiger partial charge in [0.15, 0.2) is 5.16 Å². The molecular formula is C22H26N4OS. The van der Waals surface area contributed by atoms with Gasteiger partial charge in [0.05, 0.1) is 5.75 Å². The highest BCUT2D eigenvalue weighted by Gasteiger charge is 2.13. The highest BCUT2D eigenvalue weighted by molar-refractivity contribution is 7.99. The summed E-state index contributed by atoms with van der Waals surface area (Å²) < 4.78 is 1.97. The Balaban J connectivity index is 1.63. The second-order valence-corrected chi connectivity index (χ2v) is 7.91. The van der Waals surface area contributed by atoms with E-state index in [-0.39, 0.29) is 11.7 Å². The van der Waals surface area contributed by atoms with Gasteiger partial charge in [-0.2, -0.15) is 0 Å². The summed E-state index contributed by atoms with van der Waals surface area (Å²) in [6.07, 6.45) is 1.10. The van der Waals surface area contributed by atoms with Gasteiger partial charge in [-0.05, 0) is 56.0 Å². The van der Waals surface area contributed by atoms with E-state index in [2.05, 4.69) is 60.6 Å². The molecule has 3 rings (SSSR count). The van der Waals surface area contributed by atoms with Gasteiger partial charge in [0.2, 0.25) is 5.91 Å². The van der Waals surface area contributed by atoms with Gasteiger partial charge in [-0.1, -0.05) is 55.4 Å². The molecule has 0 saturated heterocycles. The van der Waals surface area contributed by atoms with Crippen molar-refractivity contribution >= 4 is 23.4 Å². The number of carbonyl (C=O) groups is 1. The maximum Gasteiger partial charge on any atom is 0.234 e. The van der Waals surface area contributed by atoms with Crippen molar-refractivity contribution in [3.63, 3.8) is 0 Å². The van der Waals surface area contributed by atoms with Crippen LogP contribution in [0.4, 0.5) is 5.69 Å². The second kappa shape index (κ2) is 9.06. The lowest BCUT2D eigenvalue weighted by atomic mass is 9.99. The molecule has 5 nitrogen and oxygen atoms in total. The maximum absolute atomic E-state index is 12.4. The van der Waals surface area contributed by atoms with Crippen LogP contribution in [-0.4, -0.2) is 26.4 Å². The third kappa shape index (κ3) is 4.81. The van der Waals surface area contributed by atoms with Gasteiger partial charge in [-0.15, -0.1) is 10.2 Å². The van der Waals surface area contributed by atoms with Gasteiger partial charge in [-0.3, -0.25) is 9.36 Å². The van der Waals surface area contributed by atoms with Crippen molar-refractivity contribution in [1.82, 2.24) is 14.8 Å². The van der Waals surface area contributed by atoms with Crippen molar-refractivity contribution in [3.05, 3.63) is 65.5 Å². The molecule has 1 aromatic heterocycles. The summed E-state index contributed by atoms with van der Waals surface area (Å²) in [6, 6.07) is 16.3. The Bertz CT molecular complexity index is 932. The molecule has 0 aliphatic carbocycles. The van der Waals surface area contributed by atoms with Gasteiger partial charge in [-0.25, -0.2) is 0 Å². The SMILES string of the molecule is CC[C@H](C)c1ccc(NC(=O)CSc2nnc(C)n2-c2ccc(C)cc2)cc1. The molecule has 0 aliphatic rings. The average Bonchev–Trinajstić information content (AvgIpc) is 3.07. The van der Waals surface area contributed by atoms with Crippen LogP contribution in [-0.2, 0) is 4.79 Å². The highest BCUT2D eigenvalue weighted by atomic mass is 32.2. The smallest absolute Gasteiger partial charge is 0.234 e. The van der Waals surface area contributed by atoms with E-state index in [0.29, 0.717) is 11.1 Å². The number of carbonyl (C=O) groups excluding carboxylic acids is 1. The van der Waals surface area contributed by atoms with Gasteiger partial charge in [0, 0.05) is 11.4 Å². The number of aryl methyl sites for hydroxylation is 2. The minimum atomic E-state index is -0.0580. The van der Waals surface area contributed by atoms with Gasteiger partial charge < -0.3 is 5.32 Å². The Morgan fingerprint density at radius 3 is 2.39 bits per heavy atom. The predicted octanol–water partition coefficient (Wildman–Crippen LogP) is 5.13. The number of nitrogens with one attached hydrogen (secondary N) is 1. The summed E-state index contributed by atoms with van der Waals surface area (Å²) in [6.45, 7) is 8.35. The van der Waals surface area contributed by atoms with E-state index >= 15 is 0 Å². The fourth-order valence-corrected chi connectivity index (χ4v) is 3.68. The Morgan fingerprint density at radius 1 is 1.07 bits per heavy atom. The van der Waals surface area contributed by atoms with Crippen LogP contribution in [0.1, 0.15) is 43.1 Å². The quantitative estimate of drug-likeness (QED) is 0.565. The van der Waals surface area contributed by atoms with Crippen LogP contribution >= 0.6 is 11.8 Å². The topological polar surface area (TPSA) is 59.8 Å². The number of rotatable bonds is 7. The molecule has 0 aliphatic heterocycles. The zero-order valence-electron chi connectivity index (χ0n) is 16.8. The van der Waals surface area contributed by atoms with Gasteiger partial charge in [0.25, 0.3) is 0 Å². The third-order valence-electron chi connectivity index (χ3n) is 4.80. The number of hydrogen-bond acceptors (Lipinski definition) is 4. The van der Waals surface area contributed by atoms with Gasteiger partial charge in [0.1, 0.15) is 5.82 Å². The lowest BCUT2D eigenvalue weighted by molar-refractivity contribution is -0.113. The summed E-state index contributed by atoms with van der Waals surface area (Å²) >= 11 is 1.38. The zero-order valence-corrected chi connectivity index (χ0v) is 17.6. The number of anilines is 1. The van der Waals surface area contributed by atoms with Crippen LogP contribution in [0.3, 0.4) is 0 Å². The molecule has 146 valence electrons. The summed E-state index contributed by atoms with van der Waals surface area (Å²) in [4.78, 5) is 12.4. The van der Waals surface area contributed by atoms with Crippen molar-refractivity contribution in [2.45, 2.75) is 45.2 Å². The van der Waals surface area contributed by atoms with Crippen LogP contribution in [0.2, 0.25) is 0 Å². The Hall–Kier alpha value is -2.60. The molecule has 0 fully saturated rings. The van der Waals surface area contributed by atoms with Crippen LogP contribution in [0.5, 0.6) is 0 Å². The molecule has 0 spiro atoms. The monoisotopic (exact) mass is 394 g/mol. The molecule has 0 saturated carbocycles. The van der Waals surface area contributed by atoms with Crippen molar-refractivity contribution in [2.24, 2.45) is 0 Å². The first-order valence-electron chi connectivity index (χ1n) is 9.49. The summed E-state index contributed by atoms with van der Waals surface area (Å²) in [5, 5.41) is 12.1. The van der Waals surface area contributed by atoms with Crippen LogP contribution in [0.25, 0.3) is 5.69 Å². The molecule has 2 aromatic carbocycles. The van der Waals surface area contributed by atoms with E-state index in [4.69, 9.17) is 0 Å². The number of amides is 1. The first-order valence-corrected chi connectivity index (χ1v) is 10.5. The van der Waals surface area contributed by atoms with Crippen molar-refractivity contribution in [3.8, 4) is 5.69 Å². The number of nitrogens with zero attached hydrogens (tertiary/aromatic N) is 3. The fourth-order valence-electron chi connectivity index (χ4n) is 2.89. The number of aromatic nitrogens is 3. The summed E-state index contributed by atoms with van der Waals surface area (Å²) in [5.74, 6) is 1.54. The molecule has 28 heavy (non-hydrogen) atoms. The second-order valence-electron chi connectivity index (χ2n) is 6.97.